The van der Waals surface area contributed by atoms with Gasteiger partial charge < -0.3 is 10.2 Å². The summed E-state index contributed by atoms with van der Waals surface area (Å²) in [5, 5.41) is 2.91. The highest BCUT2D eigenvalue weighted by atomic mass is 19.1. The number of amides is 2. The molecule has 1 heterocycles. The molecule has 0 spiro atoms. The summed E-state index contributed by atoms with van der Waals surface area (Å²) in [7, 11) is 0. The fraction of sp³-hybridized carbons (Fsp3) is 0.167. The van der Waals surface area contributed by atoms with E-state index >= 15 is 0 Å². The second-order valence-electron chi connectivity index (χ2n) is 7.31. The van der Waals surface area contributed by atoms with E-state index in [1.54, 1.807) is 11.0 Å². The molecule has 1 unspecified atom stereocenters. The van der Waals surface area contributed by atoms with Gasteiger partial charge in [0, 0.05) is 23.4 Å². The van der Waals surface area contributed by atoms with Crippen molar-refractivity contribution in [2.75, 3.05) is 11.4 Å². The highest BCUT2D eigenvalue weighted by Crippen LogP contribution is 2.32. The van der Waals surface area contributed by atoms with Crippen LogP contribution in [-0.2, 0) is 6.42 Å². The fourth-order valence-corrected chi connectivity index (χ4v) is 3.64. The van der Waals surface area contributed by atoms with Gasteiger partial charge in [0.15, 0.2) is 0 Å². The second-order valence-corrected chi connectivity index (χ2v) is 7.31. The molecule has 3 aromatic carbocycles. The first-order valence-electron chi connectivity index (χ1n) is 9.69. The van der Waals surface area contributed by atoms with Crippen LogP contribution in [0.25, 0.3) is 0 Å². The Morgan fingerprint density at radius 2 is 1.70 bits per heavy atom. The van der Waals surface area contributed by atoms with Crippen LogP contribution in [0.15, 0.2) is 66.7 Å². The maximum atomic E-state index is 13.5. The van der Waals surface area contributed by atoms with Gasteiger partial charge in [0.1, 0.15) is 11.6 Å². The zero-order valence-electron chi connectivity index (χ0n) is 16.4. The fourth-order valence-electron chi connectivity index (χ4n) is 3.64. The van der Waals surface area contributed by atoms with Crippen molar-refractivity contribution in [3.05, 3.63) is 101 Å². The summed E-state index contributed by atoms with van der Waals surface area (Å²) in [5.74, 6) is -1.36. The lowest BCUT2D eigenvalue weighted by atomic mass is 10.0. The van der Waals surface area contributed by atoms with E-state index < -0.39 is 11.6 Å². The van der Waals surface area contributed by atoms with Gasteiger partial charge in [0.2, 0.25) is 0 Å². The van der Waals surface area contributed by atoms with Crippen LogP contribution in [0.2, 0.25) is 0 Å². The van der Waals surface area contributed by atoms with E-state index in [1.807, 2.05) is 25.1 Å². The number of anilines is 1. The third-order valence-electron chi connectivity index (χ3n) is 5.27. The second kappa shape index (κ2) is 8.06. The van der Waals surface area contributed by atoms with Crippen molar-refractivity contribution in [1.29, 1.82) is 0 Å². The molecular formula is C24H20F2N2O2. The Morgan fingerprint density at radius 3 is 2.43 bits per heavy atom. The zero-order valence-corrected chi connectivity index (χ0v) is 16.4. The van der Waals surface area contributed by atoms with Gasteiger partial charge in [-0.25, -0.2) is 8.78 Å². The first-order chi connectivity index (χ1) is 14.4. The number of fused-ring (bicyclic) bond motifs is 1. The maximum absolute atomic E-state index is 13.5. The SMILES string of the molecule is CC(NC(=O)c1ccc(F)cc1)c1ccc2c(c1)CCN2C(=O)c1cccc(F)c1. The van der Waals surface area contributed by atoms with E-state index in [4.69, 9.17) is 0 Å². The summed E-state index contributed by atoms with van der Waals surface area (Å²) in [6.07, 6.45) is 0.683. The average molecular weight is 406 g/mol. The molecule has 4 nitrogen and oxygen atoms in total. The molecule has 1 N–H and O–H groups in total. The van der Waals surface area contributed by atoms with Crippen molar-refractivity contribution in [2.45, 2.75) is 19.4 Å². The minimum Gasteiger partial charge on any atom is -0.346 e. The van der Waals surface area contributed by atoms with Gasteiger partial charge in [-0.2, -0.15) is 0 Å². The van der Waals surface area contributed by atoms with Crippen molar-refractivity contribution in [3.63, 3.8) is 0 Å². The molecule has 0 radical (unpaired) electrons. The summed E-state index contributed by atoms with van der Waals surface area (Å²) >= 11 is 0. The van der Waals surface area contributed by atoms with E-state index in [1.165, 1.54) is 42.5 Å². The Morgan fingerprint density at radius 1 is 0.933 bits per heavy atom. The van der Waals surface area contributed by atoms with Crippen molar-refractivity contribution in [2.24, 2.45) is 0 Å². The molecule has 1 atom stereocenters. The Hall–Kier alpha value is -3.54. The molecular weight excluding hydrogens is 386 g/mol. The van der Waals surface area contributed by atoms with Crippen LogP contribution in [0.4, 0.5) is 14.5 Å². The molecule has 0 fully saturated rings. The van der Waals surface area contributed by atoms with Gasteiger partial charge in [-0.3, -0.25) is 9.59 Å². The van der Waals surface area contributed by atoms with Gasteiger partial charge in [0.05, 0.1) is 6.04 Å². The number of hydrogen-bond acceptors (Lipinski definition) is 2. The molecule has 0 aliphatic carbocycles. The van der Waals surface area contributed by atoms with Crippen LogP contribution in [0.1, 0.15) is 44.8 Å². The van der Waals surface area contributed by atoms with E-state index in [-0.39, 0.29) is 17.9 Å². The third kappa shape index (κ3) is 3.94. The number of nitrogens with one attached hydrogen (secondary N) is 1. The summed E-state index contributed by atoms with van der Waals surface area (Å²) < 4.78 is 26.5. The summed E-state index contributed by atoms with van der Waals surface area (Å²) in [5.41, 5.74) is 3.40. The zero-order chi connectivity index (χ0) is 21.3. The number of benzene rings is 3. The highest BCUT2D eigenvalue weighted by Gasteiger charge is 2.26. The van der Waals surface area contributed by atoms with Crippen LogP contribution >= 0.6 is 0 Å². The normalized spacial score (nSPS) is 13.6. The molecule has 1 aliphatic heterocycles. The lowest BCUT2D eigenvalue weighted by molar-refractivity contribution is 0.0938. The van der Waals surface area contributed by atoms with E-state index in [0.29, 0.717) is 24.1 Å². The first-order valence-corrected chi connectivity index (χ1v) is 9.69. The molecule has 0 saturated carbocycles. The lowest BCUT2D eigenvalue weighted by Crippen LogP contribution is -2.29. The van der Waals surface area contributed by atoms with Crippen molar-refractivity contribution in [1.82, 2.24) is 5.32 Å². The van der Waals surface area contributed by atoms with Gasteiger partial charge in [0.25, 0.3) is 11.8 Å². The van der Waals surface area contributed by atoms with Gasteiger partial charge in [-0.15, -0.1) is 0 Å². The Labute approximate surface area is 173 Å². The predicted octanol–water partition coefficient (Wildman–Crippen LogP) is 4.66. The molecule has 1 aliphatic rings. The first kappa shape index (κ1) is 19.8. The molecule has 6 heteroatoms. The summed E-state index contributed by atoms with van der Waals surface area (Å²) in [6, 6.07) is 16.5. The van der Waals surface area contributed by atoms with E-state index in [2.05, 4.69) is 5.32 Å². The lowest BCUT2D eigenvalue weighted by Gasteiger charge is -2.19. The average Bonchev–Trinajstić information content (AvgIpc) is 3.16. The Balaban J connectivity index is 1.50. The van der Waals surface area contributed by atoms with Crippen LogP contribution in [0, 0.1) is 11.6 Å². The standard InChI is InChI=1S/C24H20F2N2O2/c1-15(27-23(29)16-5-8-20(25)9-6-16)17-7-10-22-18(13-17)11-12-28(22)24(30)19-3-2-4-21(26)14-19/h2-10,13-15H,11-12H2,1H3,(H,27,29). The van der Waals surface area contributed by atoms with Crippen LogP contribution < -0.4 is 10.2 Å². The summed E-state index contributed by atoms with van der Waals surface area (Å²) in [4.78, 5) is 26.8. The van der Waals surface area contributed by atoms with Gasteiger partial charge >= 0.3 is 0 Å². The van der Waals surface area contributed by atoms with Gasteiger partial charge in [-0.1, -0.05) is 18.2 Å². The smallest absolute Gasteiger partial charge is 0.258 e. The quantitative estimate of drug-likeness (QED) is 0.685. The Bertz CT molecular complexity index is 1110. The molecule has 0 bridgehead atoms. The monoisotopic (exact) mass is 406 g/mol. The topological polar surface area (TPSA) is 49.4 Å². The van der Waals surface area contributed by atoms with E-state index in [9.17, 15) is 18.4 Å². The number of rotatable bonds is 4. The maximum Gasteiger partial charge on any atom is 0.258 e. The number of nitrogens with zero attached hydrogens (tertiary/aromatic N) is 1. The minimum absolute atomic E-state index is 0.237. The molecule has 0 saturated heterocycles. The number of hydrogen-bond donors (Lipinski definition) is 1. The van der Waals surface area contributed by atoms with Gasteiger partial charge in [-0.05, 0) is 73.0 Å². The van der Waals surface area contributed by atoms with Crippen LogP contribution in [-0.4, -0.2) is 18.4 Å². The van der Waals surface area contributed by atoms with Crippen molar-refractivity contribution >= 4 is 17.5 Å². The third-order valence-corrected chi connectivity index (χ3v) is 5.27. The number of halogens is 2. The van der Waals surface area contributed by atoms with Crippen molar-refractivity contribution < 1.29 is 18.4 Å². The highest BCUT2D eigenvalue weighted by molar-refractivity contribution is 6.07. The molecule has 0 aromatic heterocycles. The molecule has 3 aromatic rings. The van der Waals surface area contributed by atoms with Crippen LogP contribution in [0.3, 0.4) is 0 Å². The van der Waals surface area contributed by atoms with Crippen molar-refractivity contribution in [3.8, 4) is 0 Å². The number of carbonyl (C=O) groups excluding carboxylic acids is 2. The molecule has 30 heavy (non-hydrogen) atoms. The largest absolute Gasteiger partial charge is 0.346 e. The molecule has 4 rings (SSSR count). The predicted molar refractivity (Wildman–Crippen MR) is 111 cm³/mol. The Kier molecular flexibility index (Phi) is 5.31. The minimum atomic E-state index is -0.443. The van der Waals surface area contributed by atoms with E-state index in [0.717, 1.165) is 16.8 Å². The summed E-state index contributed by atoms with van der Waals surface area (Å²) in [6.45, 7) is 2.39. The number of carbonyl (C=O) groups is 2. The molecule has 2 amide bonds. The van der Waals surface area contributed by atoms with Crippen LogP contribution in [0.5, 0.6) is 0 Å². The molecule has 152 valence electrons.